The number of halogens is 3. The summed E-state index contributed by atoms with van der Waals surface area (Å²) in [7, 11) is 0. The summed E-state index contributed by atoms with van der Waals surface area (Å²) >= 11 is 0. The van der Waals surface area contributed by atoms with Gasteiger partial charge in [-0.25, -0.2) is 9.50 Å². The van der Waals surface area contributed by atoms with Crippen molar-refractivity contribution in [1.82, 2.24) is 19.6 Å². The van der Waals surface area contributed by atoms with Gasteiger partial charge in [-0.05, 0) is 69.3 Å². The van der Waals surface area contributed by atoms with Gasteiger partial charge in [-0.3, -0.25) is 4.79 Å². The molecule has 4 rings (SSSR count). The van der Waals surface area contributed by atoms with Gasteiger partial charge in [0.25, 0.3) is 5.78 Å². The van der Waals surface area contributed by atoms with Gasteiger partial charge in [0.15, 0.2) is 11.6 Å². The van der Waals surface area contributed by atoms with Crippen LogP contribution in [0.2, 0.25) is 0 Å². The molecular weight excluding hydrogens is 463 g/mol. The van der Waals surface area contributed by atoms with E-state index in [9.17, 15) is 18.0 Å². The van der Waals surface area contributed by atoms with Crippen LogP contribution in [-0.4, -0.2) is 32.1 Å². The summed E-state index contributed by atoms with van der Waals surface area (Å²) in [5.41, 5.74) is 0.481. The minimum Gasteiger partial charge on any atom is -0.494 e. The van der Waals surface area contributed by atoms with Crippen LogP contribution in [0.5, 0.6) is 17.2 Å². The van der Waals surface area contributed by atoms with E-state index in [0.29, 0.717) is 23.9 Å². The zero-order valence-electron chi connectivity index (χ0n) is 19.2. The quantitative estimate of drug-likeness (QED) is 0.390. The Labute approximate surface area is 198 Å². The van der Waals surface area contributed by atoms with E-state index in [-0.39, 0.29) is 23.7 Å². The summed E-state index contributed by atoms with van der Waals surface area (Å²) in [6.07, 6.45) is -4.86. The molecule has 1 amide bonds. The van der Waals surface area contributed by atoms with Crippen molar-refractivity contribution in [1.29, 1.82) is 0 Å². The summed E-state index contributed by atoms with van der Waals surface area (Å²) in [5, 5.41) is 6.76. The second-order valence-electron chi connectivity index (χ2n) is 7.72. The average Bonchev–Trinajstić information content (AvgIpc) is 3.18. The summed E-state index contributed by atoms with van der Waals surface area (Å²) in [6.45, 7) is 5.98. The minimum absolute atomic E-state index is 0.0478. The maximum Gasteiger partial charge on any atom is 0.416 e. The van der Waals surface area contributed by atoms with Gasteiger partial charge in [-0.2, -0.15) is 18.2 Å². The molecule has 35 heavy (non-hydrogen) atoms. The van der Waals surface area contributed by atoms with Crippen molar-refractivity contribution in [2.75, 3.05) is 11.9 Å². The average molecular weight is 485 g/mol. The lowest BCUT2D eigenvalue weighted by Crippen LogP contribution is -2.17. The topological polar surface area (TPSA) is 90.6 Å². The molecule has 0 atom stereocenters. The van der Waals surface area contributed by atoms with Gasteiger partial charge in [0, 0.05) is 11.4 Å². The number of nitrogens with zero attached hydrogens (tertiary/aromatic N) is 4. The predicted octanol–water partition coefficient (Wildman–Crippen LogP) is 5.13. The van der Waals surface area contributed by atoms with Crippen molar-refractivity contribution < 1.29 is 27.4 Å². The summed E-state index contributed by atoms with van der Waals surface area (Å²) in [4.78, 5) is 21.2. The molecule has 0 radical (unpaired) electrons. The fourth-order valence-electron chi connectivity index (χ4n) is 3.41. The Hall–Kier alpha value is -4.15. The van der Waals surface area contributed by atoms with E-state index in [1.807, 2.05) is 26.8 Å². The van der Waals surface area contributed by atoms with Crippen LogP contribution >= 0.6 is 0 Å². The van der Waals surface area contributed by atoms with Crippen molar-refractivity contribution in [2.45, 2.75) is 33.4 Å². The molecule has 1 N–H and O–H groups in total. The molecule has 0 bridgehead atoms. The molecule has 2 heterocycles. The highest BCUT2D eigenvalue weighted by molar-refractivity contribution is 5.93. The lowest BCUT2D eigenvalue weighted by atomic mass is 10.1. The highest BCUT2D eigenvalue weighted by atomic mass is 19.4. The van der Waals surface area contributed by atoms with E-state index in [1.165, 1.54) is 4.52 Å². The number of amides is 1. The third kappa shape index (κ3) is 5.68. The highest BCUT2D eigenvalue weighted by Gasteiger charge is 2.31. The molecule has 4 aromatic rings. The maximum absolute atomic E-state index is 13.3. The van der Waals surface area contributed by atoms with Crippen LogP contribution in [0.1, 0.15) is 29.7 Å². The standard InChI is InChI=1S/C24H22F3N5O3/c1-4-34-17-6-8-18(9-7-17)35-20-10-5-16(24(25,26)27)12-19(20)29-22(33)13-21-30-23-28-14(2)11-15(3)32(23)31-21/h5-12H,4,13H2,1-3H3,(H,29,33). The number of alkyl halides is 3. The minimum atomic E-state index is -4.60. The molecular formula is C24H22F3N5O3. The van der Waals surface area contributed by atoms with Crippen LogP contribution in [0, 0.1) is 13.8 Å². The van der Waals surface area contributed by atoms with Crippen LogP contribution < -0.4 is 14.8 Å². The summed E-state index contributed by atoms with van der Waals surface area (Å²) < 4.78 is 52.6. The highest BCUT2D eigenvalue weighted by Crippen LogP contribution is 2.37. The Morgan fingerprint density at radius 2 is 1.74 bits per heavy atom. The zero-order valence-corrected chi connectivity index (χ0v) is 19.2. The van der Waals surface area contributed by atoms with E-state index < -0.39 is 17.6 Å². The molecule has 182 valence electrons. The normalized spacial score (nSPS) is 11.5. The van der Waals surface area contributed by atoms with Gasteiger partial charge < -0.3 is 14.8 Å². The van der Waals surface area contributed by atoms with Crippen LogP contribution in [0.4, 0.5) is 18.9 Å². The smallest absolute Gasteiger partial charge is 0.416 e. The van der Waals surface area contributed by atoms with Gasteiger partial charge in [-0.1, -0.05) is 0 Å². The fraction of sp³-hybridized carbons (Fsp3) is 0.250. The lowest BCUT2D eigenvalue weighted by molar-refractivity contribution is -0.137. The first-order valence-electron chi connectivity index (χ1n) is 10.7. The molecule has 0 aliphatic carbocycles. The molecule has 0 unspecified atom stereocenters. The van der Waals surface area contributed by atoms with Gasteiger partial charge in [0.05, 0.1) is 24.3 Å². The fourth-order valence-corrected chi connectivity index (χ4v) is 3.41. The Kier molecular flexibility index (Phi) is 6.59. The van der Waals surface area contributed by atoms with Crippen LogP contribution in [0.15, 0.2) is 48.5 Å². The number of anilines is 1. The molecule has 0 saturated heterocycles. The number of nitrogens with one attached hydrogen (secondary N) is 1. The predicted molar refractivity (Wildman–Crippen MR) is 122 cm³/mol. The molecule has 2 aromatic heterocycles. The SMILES string of the molecule is CCOc1ccc(Oc2ccc(C(F)(F)F)cc2NC(=O)Cc2nc3nc(C)cc(C)n3n2)cc1. The van der Waals surface area contributed by atoms with Crippen molar-refractivity contribution in [3.63, 3.8) is 0 Å². The third-order valence-corrected chi connectivity index (χ3v) is 4.92. The van der Waals surface area contributed by atoms with E-state index >= 15 is 0 Å². The summed E-state index contributed by atoms with van der Waals surface area (Å²) in [5.74, 6) is 0.953. The van der Waals surface area contributed by atoms with Crippen molar-refractivity contribution in [3.05, 3.63) is 71.3 Å². The van der Waals surface area contributed by atoms with Gasteiger partial charge >= 0.3 is 6.18 Å². The van der Waals surface area contributed by atoms with E-state index in [4.69, 9.17) is 9.47 Å². The number of rotatable bonds is 7. The van der Waals surface area contributed by atoms with Crippen molar-refractivity contribution >= 4 is 17.4 Å². The lowest BCUT2D eigenvalue weighted by Gasteiger charge is -2.15. The Bertz CT molecular complexity index is 1370. The number of hydrogen-bond acceptors (Lipinski definition) is 6. The zero-order chi connectivity index (χ0) is 25.2. The first-order valence-corrected chi connectivity index (χ1v) is 10.7. The first kappa shape index (κ1) is 24.0. The van der Waals surface area contributed by atoms with Crippen molar-refractivity contribution in [3.8, 4) is 17.2 Å². The molecule has 0 saturated carbocycles. The molecule has 0 spiro atoms. The Balaban J connectivity index is 1.57. The van der Waals surface area contributed by atoms with Crippen LogP contribution in [-0.2, 0) is 17.4 Å². The van der Waals surface area contributed by atoms with Crippen LogP contribution in [0.3, 0.4) is 0 Å². The number of aryl methyl sites for hydroxylation is 2. The molecule has 0 fully saturated rings. The molecule has 2 aromatic carbocycles. The number of aromatic nitrogens is 4. The number of hydrogen-bond donors (Lipinski definition) is 1. The molecule has 11 heteroatoms. The number of ether oxygens (including phenoxy) is 2. The number of fused-ring (bicyclic) bond motifs is 1. The monoisotopic (exact) mass is 485 g/mol. The van der Waals surface area contributed by atoms with E-state index in [0.717, 1.165) is 29.6 Å². The third-order valence-electron chi connectivity index (χ3n) is 4.92. The summed E-state index contributed by atoms with van der Waals surface area (Å²) in [6, 6.07) is 11.3. The van der Waals surface area contributed by atoms with Gasteiger partial charge in [0.1, 0.15) is 11.5 Å². The van der Waals surface area contributed by atoms with E-state index in [2.05, 4.69) is 20.4 Å². The number of carbonyl (C=O) groups excluding carboxylic acids is 1. The number of benzene rings is 2. The molecule has 0 aliphatic heterocycles. The molecule has 8 nitrogen and oxygen atoms in total. The Morgan fingerprint density at radius 3 is 2.43 bits per heavy atom. The maximum atomic E-state index is 13.3. The Morgan fingerprint density at radius 1 is 1.03 bits per heavy atom. The number of carbonyl (C=O) groups is 1. The largest absolute Gasteiger partial charge is 0.494 e. The first-order chi connectivity index (χ1) is 16.6. The van der Waals surface area contributed by atoms with Crippen molar-refractivity contribution in [2.24, 2.45) is 0 Å². The second-order valence-corrected chi connectivity index (χ2v) is 7.72. The van der Waals surface area contributed by atoms with Crippen LogP contribution in [0.25, 0.3) is 5.78 Å². The van der Waals surface area contributed by atoms with Gasteiger partial charge in [-0.15, -0.1) is 5.10 Å². The molecule has 0 aliphatic rings. The van der Waals surface area contributed by atoms with E-state index in [1.54, 1.807) is 24.3 Å². The second kappa shape index (κ2) is 9.61. The van der Waals surface area contributed by atoms with Gasteiger partial charge in [0.2, 0.25) is 5.91 Å².